The summed E-state index contributed by atoms with van der Waals surface area (Å²) in [5.74, 6) is -0.407. The summed E-state index contributed by atoms with van der Waals surface area (Å²) in [6.45, 7) is 3.66. The number of carboxylic acid groups (broad SMARTS) is 1. The average molecular weight is 288 g/mol. The molecule has 2 aromatic rings. The van der Waals surface area contributed by atoms with Crippen LogP contribution in [0, 0.1) is 13.8 Å². The van der Waals surface area contributed by atoms with Gasteiger partial charge in [0, 0.05) is 17.7 Å². The maximum atomic E-state index is 11.9. The number of anilines is 1. The Balaban J connectivity index is 1.91. The molecule has 0 bridgehead atoms. The van der Waals surface area contributed by atoms with E-state index in [0.29, 0.717) is 18.5 Å². The molecule has 0 saturated heterocycles. The second-order valence-electron chi connectivity index (χ2n) is 4.73. The van der Waals surface area contributed by atoms with E-state index >= 15 is 0 Å². The highest BCUT2D eigenvalue weighted by atomic mass is 16.5. The number of aromatic carboxylic acids is 1. The van der Waals surface area contributed by atoms with Gasteiger partial charge in [-0.15, -0.1) is 0 Å². The first kappa shape index (κ1) is 14.8. The van der Waals surface area contributed by atoms with Gasteiger partial charge in [0.15, 0.2) is 0 Å². The lowest BCUT2D eigenvalue weighted by Gasteiger charge is -2.05. The van der Waals surface area contributed by atoms with Crippen LogP contribution >= 0.6 is 0 Å². The summed E-state index contributed by atoms with van der Waals surface area (Å²) in [5, 5.41) is 15.4. The van der Waals surface area contributed by atoms with Crippen molar-refractivity contribution in [3.05, 3.63) is 46.8 Å². The Hall–Kier alpha value is -2.63. The van der Waals surface area contributed by atoms with E-state index < -0.39 is 5.97 Å². The first-order valence-corrected chi connectivity index (χ1v) is 6.52. The van der Waals surface area contributed by atoms with Gasteiger partial charge in [-0.05, 0) is 44.5 Å². The number of aromatic nitrogens is 1. The zero-order valence-electron chi connectivity index (χ0n) is 11.8. The third-order valence-electron chi connectivity index (χ3n) is 3.20. The number of rotatable bonds is 5. The number of carbonyl (C=O) groups excluding carboxylic acids is 1. The molecule has 1 aromatic heterocycles. The van der Waals surface area contributed by atoms with Crippen molar-refractivity contribution in [2.45, 2.75) is 26.7 Å². The molecule has 1 amide bonds. The van der Waals surface area contributed by atoms with Gasteiger partial charge in [0.2, 0.25) is 5.91 Å². The molecule has 0 atom stereocenters. The van der Waals surface area contributed by atoms with Gasteiger partial charge in [0.1, 0.15) is 5.76 Å². The lowest BCUT2D eigenvalue weighted by molar-refractivity contribution is -0.116. The molecule has 0 saturated carbocycles. The van der Waals surface area contributed by atoms with E-state index in [2.05, 4.69) is 10.5 Å². The van der Waals surface area contributed by atoms with Gasteiger partial charge in [0.05, 0.1) is 11.3 Å². The molecule has 21 heavy (non-hydrogen) atoms. The van der Waals surface area contributed by atoms with E-state index in [0.717, 1.165) is 17.0 Å². The highest BCUT2D eigenvalue weighted by molar-refractivity contribution is 5.92. The molecule has 0 aliphatic heterocycles. The van der Waals surface area contributed by atoms with Crippen LogP contribution in [0.15, 0.2) is 28.8 Å². The van der Waals surface area contributed by atoms with Crippen molar-refractivity contribution in [2.75, 3.05) is 5.32 Å². The Morgan fingerprint density at radius 3 is 2.43 bits per heavy atom. The monoisotopic (exact) mass is 288 g/mol. The van der Waals surface area contributed by atoms with Crippen LogP contribution in [0.4, 0.5) is 5.69 Å². The van der Waals surface area contributed by atoms with E-state index in [1.54, 1.807) is 12.1 Å². The fourth-order valence-corrected chi connectivity index (χ4v) is 2.02. The largest absolute Gasteiger partial charge is 0.478 e. The predicted molar refractivity (Wildman–Crippen MR) is 76.3 cm³/mol. The van der Waals surface area contributed by atoms with Gasteiger partial charge >= 0.3 is 5.97 Å². The van der Waals surface area contributed by atoms with Gasteiger partial charge in [0.25, 0.3) is 0 Å². The number of nitrogens with zero attached hydrogens (tertiary/aromatic N) is 1. The first-order valence-electron chi connectivity index (χ1n) is 6.52. The summed E-state index contributed by atoms with van der Waals surface area (Å²) in [5.41, 5.74) is 2.50. The Kier molecular flexibility index (Phi) is 4.37. The fourth-order valence-electron chi connectivity index (χ4n) is 2.02. The van der Waals surface area contributed by atoms with Crippen molar-refractivity contribution in [1.82, 2.24) is 5.16 Å². The number of nitrogens with one attached hydrogen (secondary N) is 1. The number of aryl methyl sites for hydroxylation is 2. The van der Waals surface area contributed by atoms with Crippen molar-refractivity contribution in [3.63, 3.8) is 0 Å². The average Bonchev–Trinajstić information content (AvgIpc) is 2.76. The number of carboxylic acids is 1. The molecule has 2 rings (SSSR count). The van der Waals surface area contributed by atoms with E-state index in [9.17, 15) is 9.59 Å². The van der Waals surface area contributed by atoms with Gasteiger partial charge < -0.3 is 14.9 Å². The smallest absolute Gasteiger partial charge is 0.335 e. The minimum Gasteiger partial charge on any atom is -0.478 e. The number of carbonyl (C=O) groups is 2. The third-order valence-corrected chi connectivity index (χ3v) is 3.20. The summed E-state index contributed by atoms with van der Waals surface area (Å²) in [4.78, 5) is 22.6. The molecule has 0 aliphatic carbocycles. The first-order chi connectivity index (χ1) is 9.97. The van der Waals surface area contributed by atoms with Crippen LogP contribution in [0.2, 0.25) is 0 Å². The van der Waals surface area contributed by atoms with Crippen LogP contribution in [0.1, 0.15) is 33.8 Å². The Morgan fingerprint density at radius 2 is 1.90 bits per heavy atom. The molecule has 6 heteroatoms. The molecular weight excluding hydrogens is 272 g/mol. The Bertz CT molecular complexity index is 639. The normalized spacial score (nSPS) is 10.4. The fraction of sp³-hybridized carbons (Fsp3) is 0.267. The molecule has 6 nitrogen and oxygen atoms in total. The van der Waals surface area contributed by atoms with Crippen LogP contribution in [-0.2, 0) is 11.2 Å². The number of hydrogen-bond donors (Lipinski definition) is 2. The molecule has 0 spiro atoms. The summed E-state index contributed by atoms with van der Waals surface area (Å²) >= 11 is 0. The van der Waals surface area contributed by atoms with Crippen molar-refractivity contribution in [1.29, 1.82) is 0 Å². The van der Waals surface area contributed by atoms with Crippen LogP contribution in [0.25, 0.3) is 0 Å². The zero-order chi connectivity index (χ0) is 15.4. The van der Waals surface area contributed by atoms with Crippen molar-refractivity contribution >= 4 is 17.6 Å². The van der Waals surface area contributed by atoms with Crippen molar-refractivity contribution < 1.29 is 19.2 Å². The number of amides is 1. The molecule has 1 heterocycles. The van der Waals surface area contributed by atoms with Crippen molar-refractivity contribution in [2.24, 2.45) is 0 Å². The lowest BCUT2D eigenvalue weighted by atomic mass is 10.1. The SMILES string of the molecule is Cc1noc(C)c1CCC(=O)Nc1ccc(C(=O)O)cc1. The molecule has 1 aromatic carbocycles. The quantitative estimate of drug-likeness (QED) is 0.882. The summed E-state index contributed by atoms with van der Waals surface area (Å²) in [7, 11) is 0. The minimum atomic E-state index is -0.994. The van der Waals surface area contributed by atoms with Gasteiger partial charge in [-0.3, -0.25) is 4.79 Å². The maximum absolute atomic E-state index is 11.9. The minimum absolute atomic E-state index is 0.141. The van der Waals surface area contributed by atoms with E-state index in [-0.39, 0.29) is 11.5 Å². The van der Waals surface area contributed by atoms with Crippen LogP contribution in [0.5, 0.6) is 0 Å². The van der Waals surface area contributed by atoms with E-state index in [1.807, 2.05) is 13.8 Å². The van der Waals surface area contributed by atoms with E-state index in [1.165, 1.54) is 12.1 Å². The molecule has 0 fully saturated rings. The molecule has 0 unspecified atom stereocenters. The van der Waals surface area contributed by atoms with Gasteiger partial charge in [-0.25, -0.2) is 4.79 Å². The second-order valence-corrected chi connectivity index (χ2v) is 4.73. The highest BCUT2D eigenvalue weighted by Gasteiger charge is 2.11. The van der Waals surface area contributed by atoms with E-state index in [4.69, 9.17) is 9.63 Å². The highest BCUT2D eigenvalue weighted by Crippen LogP contribution is 2.15. The number of hydrogen-bond acceptors (Lipinski definition) is 4. The molecule has 0 radical (unpaired) electrons. The van der Waals surface area contributed by atoms with Crippen LogP contribution in [0.3, 0.4) is 0 Å². The standard InChI is InChI=1S/C15H16N2O4/c1-9-13(10(2)21-17-9)7-8-14(18)16-12-5-3-11(4-6-12)15(19)20/h3-6H,7-8H2,1-2H3,(H,16,18)(H,19,20). The Morgan fingerprint density at radius 1 is 1.24 bits per heavy atom. The third kappa shape index (κ3) is 3.68. The zero-order valence-corrected chi connectivity index (χ0v) is 11.8. The molecular formula is C15H16N2O4. The van der Waals surface area contributed by atoms with Gasteiger partial charge in [-0.2, -0.15) is 0 Å². The maximum Gasteiger partial charge on any atom is 0.335 e. The second kappa shape index (κ2) is 6.21. The topological polar surface area (TPSA) is 92.4 Å². The van der Waals surface area contributed by atoms with Gasteiger partial charge in [-0.1, -0.05) is 5.16 Å². The lowest BCUT2D eigenvalue weighted by Crippen LogP contribution is -2.12. The Labute approximate surface area is 121 Å². The van der Waals surface area contributed by atoms with Crippen LogP contribution in [-0.4, -0.2) is 22.1 Å². The van der Waals surface area contributed by atoms with Crippen LogP contribution < -0.4 is 5.32 Å². The molecule has 0 aliphatic rings. The molecule has 110 valence electrons. The predicted octanol–water partition coefficient (Wildman–Crippen LogP) is 2.56. The summed E-state index contributed by atoms with van der Waals surface area (Å²) in [6.07, 6.45) is 0.865. The number of benzene rings is 1. The summed E-state index contributed by atoms with van der Waals surface area (Å²) < 4.78 is 5.04. The summed E-state index contributed by atoms with van der Waals surface area (Å²) in [6, 6.07) is 6.03. The van der Waals surface area contributed by atoms with Crippen molar-refractivity contribution in [3.8, 4) is 0 Å². The molecule has 2 N–H and O–H groups in total.